The summed E-state index contributed by atoms with van der Waals surface area (Å²) in [6, 6.07) is 18.0. The number of aromatic nitrogens is 2. The normalized spacial score (nSPS) is 10.4. The SMILES string of the molecule is Clc1cccc(CNc2ccc(-c3ccn[nH]3)cc2)c1. The molecule has 3 nitrogen and oxygen atoms in total. The van der Waals surface area contributed by atoms with Gasteiger partial charge >= 0.3 is 0 Å². The summed E-state index contributed by atoms with van der Waals surface area (Å²) < 4.78 is 0. The van der Waals surface area contributed by atoms with Crippen molar-refractivity contribution < 1.29 is 0 Å². The van der Waals surface area contributed by atoms with Gasteiger partial charge in [-0.15, -0.1) is 0 Å². The molecule has 1 aromatic heterocycles. The third-order valence-corrected chi connectivity index (χ3v) is 3.32. The van der Waals surface area contributed by atoms with E-state index in [1.54, 1.807) is 6.20 Å². The van der Waals surface area contributed by atoms with Crippen LogP contribution in [0.3, 0.4) is 0 Å². The minimum absolute atomic E-state index is 0.754. The molecule has 100 valence electrons. The maximum Gasteiger partial charge on any atom is 0.0650 e. The van der Waals surface area contributed by atoms with Gasteiger partial charge in [0.1, 0.15) is 0 Å². The van der Waals surface area contributed by atoms with Gasteiger partial charge < -0.3 is 5.32 Å². The predicted molar refractivity (Wildman–Crippen MR) is 82.8 cm³/mol. The zero-order valence-corrected chi connectivity index (χ0v) is 11.6. The molecule has 1 heterocycles. The van der Waals surface area contributed by atoms with Crippen LogP contribution in [0, 0.1) is 0 Å². The molecule has 0 aliphatic heterocycles. The number of halogens is 1. The number of H-pyrrole nitrogens is 1. The fourth-order valence-electron chi connectivity index (χ4n) is 2.04. The Bertz CT molecular complexity index is 675. The summed E-state index contributed by atoms with van der Waals surface area (Å²) in [5.41, 5.74) is 4.38. The van der Waals surface area contributed by atoms with E-state index in [1.807, 2.05) is 24.3 Å². The number of nitrogens with one attached hydrogen (secondary N) is 2. The highest BCUT2D eigenvalue weighted by atomic mass is 35.5. The molecule has 0 bridgehead atoms. The van der Waals surface area contributed by atoms with Gasteiger partial charge in [0.25, 0.3) is 0 Å². The summed E-state index contributed by atoms with van der Waals surface area (Å²) in [5.74, 6) is 0. The van der Waals surface area contributed by atoms with Crippen LogP contribution < -0.4 is 5.32 Å². The summed E-state index contributed by atoms with van der Waals surface area (Å²) in [7, 11) is 0. The van der Waals surface area contributed by atoms with E-state index in [-0.39, 0.29) is 0 Å². The van der Waals surface area contributed by atoms with Gasteiger partial charge in [-0.1, -0.05) is 35.9 Å². The second-order valence-corrected chi connectivity index (χ2v) is 4.97. The molecule has 0 aliphatic rings. The Morgan fingerprint density at radius 1 is 1.05 bits per heavy atom. The maximum absolute atomic E-state index is 5.97. The first-order valence-corrected chi connectivity index (χ1v) is 6.77. The molecule has 0 amide bonds. The zero-order valence-electron chi connectivity index (χ0n) is 10.8. The monoisotopic (exact) mass is 283 g/mol. The molecule has 0 spiro atoms. The second kappa shape index (κ2) is 5.80. The molecule has 3 aromatic rings. The number of anilines is 1. The Morgan fingerprint density at radius 2 is 1.90 bits per heavy atom. The Hall–Kier alpha value is -2.26. The van der Waals surface area contributed by atoms with Crippen LogP contribution in [0.4, 0.5) is 5.69 Å². The number of benzene rings is 2. The molecule has 0 atom stereocenters. The Balaban J connectivity index is 1.67. The maximum atomic E-state index is 5.97. The van der Waals surface area contributed by atoms with Crippen molar-refractivity contribution in [1.82, 2.24) is 10.2 Å². The van der Waals surface area contributed by atoms with E-state index in [4.69, 9.17) is 11.6 Å². The van der Waals surface area contributed by atoms with Crippen LogP contribution in [0.15, 0.2) is 60.8 Å². The summed E-state index contributed by atoms with van der Waals surface area (Å²) >= 11 is 5.97. The van der Waals surface area contributed by atoms with Gasteiger partial charge in [0.05, 0.1) is 5.69 Å². The molecular formula is C16H14ClN3. The third-order valence-electron chi connectivity index (χ3n) is 3.08. The van der Waals surface area contributed by atoms with Gasteiger partial charge in [-0.05, 0) is 41.5 Å². The molecule has 0 fully saturated rings. The van der Waals surface area contributed by atoms with Gasteiger partial charge in [-0.3, -0.25) is 5.10 Å². The average Bonchev–Trinajstić information content (AvgIpc) is 3.00. The highest BCUT2D eigenvalue weighted by molar-refractivity contribution is 6.30. The molecule has 20 heavy (non-hydrogen) atoms. The van der Waals surface area contributed by atoms with Crippen molar-refractivity contribution in [1.29, 1.82) is 0 Å². The molecule has 0 unspecified atom stereocenters. The van der Waals surface area contributed by atoms with Gasteiger partial charge in [-0.25, -0.2) is 0 Å². The molecule has 4 heteroatoms. The van der Waals surface area contributed by atoms with Crippen LogP contribution in [0.5, 0.6) is 0 Å². The van der Waals surface area contributed by atoms with Crippen molar-refractivity contribution in [3.05, 3.63) is 71.4 Å². The molecule has 0 radical (unpaired) electrons. The number of rotatable bonds is 4. The van der Waals surface area contributed by atoms with Crippen molar-refractivity contribution in [2.24, 2.45) is 0 Å². The first-order chi connectivity index (χ1) is 9.81. The van der Waals surface area contributed by atoms with E-state index in [2.05, 4.69) is 45.8 Å². The van der Waals surface area contributed by atoms with E-state index in [0.29, 0.717) is 0 Å². The van der Waals surface area contributed by atoms with E-state index >= 15 is 0 Å². The molecule has 0 saturated carbocycles. The smallest absolute Gasteiger partial charge is 0.0650 e. The van der Waals surface area contributed by atoms with Gasteiger partial charge in [-0.2, -0.15) is 5.10 Å². The van der Waals surface area contributed by atoms with Gasteiger partial charge in [0.2, 0.25) is 0 Å². The van der Waals surface area contributed by atoms with E-state index in [9.17, 15) is 0 Å². The number of aromatic amines is 1. The second-order valence-electron chi connectivity index (χ2n) is 4.53. The topological polar surface area (TPSA) is 40.7 Å². The Kier molecular flexibility index (Phi) is 3.70. The molecular weight excluding hydrogens is 270 g/mol. The number of hydrogen-bond acceptors (Lipinski definition) is 2. The van der Waals surface area contributed by atoms with Crippen molar-refractivity contribution in [2.75, 3.05) is 5.32 Å². The van der Waals surface area contributed by atoms with Crippen LogP contribution in [-0.2, 0) is 6.54 Å². The first-order valence-electron chi connectivity index (χ1n) is 6.39. The number of nitrogens with zero attached hydrogens (tertiary/aromatic N) is 1. The highest BCUT2D eigenvalue weighted by Gasteiger charge is 1.99. The highest BCUT2D eigenvalue weighted by Crippen LogP contribution is 2.19. The first kappa shape index (κ1) is 12.8. The standard InChI is InChI=1S/C16H14ClN3/c17-14-3-1-2-12(10-14)11-18-15-6-4-13(5-7-15)16-8-9-19-20-16/h1-10,18H,11H2,(H,19,20). The average molecular weight is 284 g/mol. The summed E-state index contributed by atoms with van der Waals surface area (Å²) in [6.07, 6.45) is 1.75. The fraction of sp³-hybridized carbons (Fsp3) is 0.0625. The Morgan fingerprint density at radius 3 is 2.60 bits per heavy atom. The van der Waals surface area contributed by atoms with Crippen LogP contribution in [-0.4, -0.2) is 10.2 Å². The lowest BCUT2D eigenvalue weighted by Crippen LogP contribution is -1.98. The quantitative estimate of drug-likeness (QED) is 0.748. The van der Waals surface area contributed by atoms with Crippen LogP contribution in [0.2, 0.25) is 5.02 Å². The molecule has 2 aromatic carbocycles. The largest absolute Gasteiger partial charge is 0.381 e. The summed E-state index contributed by atoms with van der Waals surface area (Å²) in [4.78, 5) is 0. The third kappa shape index (κ3) is 3.00. The van der Waals surface area contributed by atoms with Crippen molar-refractivity contribution in [2.45, 2.75) is 6.54 Å². The predicted octanol–water partition coefficient (Wildman–Crippen LogP) is 4.34. The van der Waals surface area contributed by atoms with Crippen molar-refractivity contribution in [3.8, 4) is 11.3 Å². The summed E-state index contributed by atoms with van der Waals surface area (Å²) in [5, 5.41) is 11.0. The summed E-state index contributed by atoms with van der Waals surface area (Å²) in [6.45, 7) is 0.754. The lowest BCUT2D eigenvalue weighted by atomic mass is 10.1. The van der Waals surface area contributed by atoms with Crippen LogP contribution in [0.25, 0.3) is 11.3 Å². The van der Waals surface area contributed by atoms with Crippen molar-refractivity contribution in [3.63, 3.8) is 0 Å². The Labute approximate surface area is 122 Å². The van der Waals surface area contributed by atoms with E-state index < -0.39 is 0 Å². The van der Waals surface area contributed by atoms with Crippen molar-refractivity contribution >= 4 is 17.3 Å². The molecule has 0 aliphatic carbocycles. The van der Waals surface area contributed by atoms with Crippen LogP contribution >= 0.6 is 11.6 Å². The minimum atomic E-state index is 0.754. The van der Waals surface area contributed by atoms with Crippen LogP contribution in [0.1, 0.15) is 5.56 Å². The zero-order chi connectivity index (χ0) is 13.8. The van der Waals surface area contributed by atoms with E-state index in [1.165, 1.54) is 0 Å². The fourth-order valence-corrected chi connectivity index (χ4v) is 2.25. The number of hydrogen-bond donors (Lipinski definition) is 2. The molecule has 0 saturated heterocycles. The minimum Gasteiger partial charge on any atom is -0.381 e. The lowest BCUT2D eigenvalue weighted by Gasteiger charge is -2.07. The van der Waals surface area contributed by atoms with Gasteiger partial charge in [0.15, 0.2) is 0 Å². The molecule has 2 N–H and O–H groups in total. The lowest BCUT2D eigenvalue weighted by molar-refractivity contribution is 1.09. The van der Waals surface area contributed by atoms with Gasteiger partial charge in [0, 0.05) is 23.5 Å². The van der Waals surface area contributed by atoms with E-state index in [0.717, 1.165) is 34.1 Å². The molecule has 3 rings (SSSR count).